The highest BCUT2D eigenvalue weighted by Crippen LogP contribution is 2.25. The quantitative estimate of drug-likeness (QED) is 0.856. The molecule has 0 fully saturated rings. The maximum atomic E-state index is 13.8. The molecule has 0 aromatic heterocycles. The van der Waals surface area contributed by atoms with E-state index in [-0.39, 0.29) is 11.4 Å². The molecule has 0 spiro atoms. The standard InChI is InChI=1S/C14H14F2N2O2S/c1-8-3-4-10(15)13(5-8)18-21(19,20)14-7-12(17)9(2)6-11(14)16/h3-7,18H,17H2,1-2H3. The predicted molar refractivity (Wildman–Crippen MR) is 77.5 cm³/mol. The van der Waals surface area contributed by atoms with Crippen molar-refractivity contribution in [2.24, 2.45) is 0 Å². The lowest BCUT2D eigenvalue weighted by Crippen LogP contribution is -2.16. The van der Waals surface area contributed by atoms with E-state index in [2.05, 4.69) is 0 Å². The van der Waals surface area contributed by atoms with Gasteiger partial charge in [-0.25, -0.2) is 17.2 Å². The highest BCUT2D eigenvalue weighted by atomic mass is 32.2. The number of hydrogen-bond acceptors (Lipinski definition) is 3. The Morgan fingerprint density at radius 3 is 2.38 bits per heavy atom. The summed E-state index contributed by atoms with van der Waals surface area (Å²) >= 11 is 0. The summed E-state index contributed by atoms with van der Waals surface area (Å²) in [5.74, 6) is -1.69. The Bertz CT molecular complexity index is 805. The van der Waals surface area contributed by atoms with Gasteiger partial charge < -0.3 is 5.73 Å². The Hall–Kier alpha value is -2.15. The van der Waals surface area contributed by atoms with E-state index in [4.69, 9.17) is 5.73 Å². The van der Waals surface area contributed by atoms with Crippen LogP contribution in [0.4, 0.5) is 20.2 Å². The van der Waals surface area contributed by atoms with Crippen molar-refractivity contribution in [3.8, 4) is 0 Å². The van der Waals surface area contributed by atoms with E-state index < -0.39 is 26.6 Å². The van der Waals surface area contributed by atoms with Gasteiger partial charge in [0.1, 0.15) is 16.5 Å². The van der Waals surface area contributed by atoms with Crippen LogP contribution in [-0.2, 0) is 10.0 Å². The van der Waals surface area contributed by atoms with Gasteiger partial charge >= 0.3 is 0 Å². The minimum atomic E-state index is -4.27. The van der Waals surface area contributed by atoms with Gasteiger partial charge in [-0.3, -0.25) is 4.72 Å². The van der Waals surface area contributed by atoms with Crippen molar-refractivity contribution >= 4 is 21.4 Å². The molecular weight excluding hydrogens is 298 g/mol. The monoisotopic (exact) mass is 312 g/mol. The van der Waals surface area contributed by atoms with E-state index >= 15 is 0 Å². The molecule has 0 aliphatic rings. The molecule has 112 valence electrons. The van der Waals surface area contributed by atoms with Gasteiger partial charge in [0.25, 0.3) is 10.0 Å². The minimum absolute atomic E-state index is 0.140. The molecule has 21 heavy (non-hydrogen) atoms. The van der Waals surface area contributed by atoms with Crippen molar-refractivity contribution in [2.75, 3.05) is 10.5 Å². The Balaban J connectivity index is 2.48. The first-order chi connectivity index (χ1) is 9.70. The summed E-state index contributed by atoms with van der Waals surface area (Å²) in [5.41, 5.74) is 6.59. The molecule has 0 saturated carbocycles. The highest BCUT2D eigenvalue weighted by Gasteiger charge is 2.21. The van der Waals surface area contributed by atoms with Crippen molar-refractivity contribution < 1.29 is 17.2 Å². The van der Waals surface area contributed by atoms with Crippen LogP contribution in [0.3, 0.4) is 0 Å². The van der Waals surface area contributed by atoms with E-state index in [0.29, 0.717) is 11.1 Å². The molecular formula is C14H14F2N2O2S. The smallest absolute Gasteiger partial charge is 0.264 e. The first-order valence-corrected chi connectivity index (χ1v) is 7.53. The molecule has 2 rings (SSSR count). The molecule has 2 aromatic rings. The van der Waals surface area contributed by atoms with Crippen LogP contribution in [0.1, 0.15) is 11.1 Å². The summed E-state index contributed by atoms with van der Waals surface area (Å²) in [6.45, 7) is 3.24. The van der Waals surface area contributed by atoms with Gasteiger partial charge in [0, 0.05) is 5.69 Å². The second-order valence-electron chi connectivity index (χ2n) is 4.73. The van der Waals surface area contributed by atoms with Crippen LogP contribution in [0.2, 0.25) is 0 Å². The zero-order valence-electron chi connectivity index (χ0n) is 11.4. The molecule has 0 amide bonds. The fourth-order valence-corrected chi connectivity index (χ4v) is 2.95. The number of hydrogen-bond donors (Lipinski definition) is 2. The van der Waals surface area contributed by atoms with Crippen molar-refractivity contribution in [3.63, 3.8) is 0 Å². The average Bonchev–Trinajstić information content (AvgIpc) is 2.37. The van der Waals surface area contributed by atoms with Gasteiger partial charge in [0.15, 0.2) is 0 Å². The number of nitrogens with one attached hydrogen (secondary N) is 1. The molecule has 0 bridgehead atoms. The topological polar surface area (TPSA) is 72.2 Å². The maximum Gasteiger partial charge on any atom is 0.264 e. The highest BCUT2D eigenvalue weighted by molar-refractivity contribution is 7.92. The van der Waals surface area contributed by atoms with E-state index in [0.717, 1.165) is 18.2 Å². The molecule has 0 saturated heterocycles. The second-order valence-corrected chi connectivity index (χ2v) is 6.38. The van der Waals surface area contributed by atoms with Gasteiger partial charge in [0.05, 0.1) is 5.69 Å². The molecule has 4 nitrogen and oxygen atoms in total. The third-order valence-corrected chi connectivity index (χ3v) is 4.36. The van der Waals surface area contributed by atoms with Crippen molar-refractivity contribution in [2.45, 2.75) is 18.7 Å². The number of halogens is 2. The van der Waals surface area contributed by atoms with Gasteiger partial charge in [-0.15, -0.1) is 0 Å². The van der Waals surface area contributed by atoms with Crippen molar-refractivity contribution in [3.05, 3.63) is 53.1 Å². The summed E-state index contributed by atoms with van der Waals surface area (Å²) in [6.07, 6.45) is 0. The van der Waals surface area contributed by atoms with Gasteiger partial charge in [-0.1, -0.05) is 6.07 Å². The Kier molecular flexibility index (Phi) is 3.87. The van der Waals surface area contributed by atoms with E-state index in [1.54, 1.807) is 13.8 Å². The van der Waals surface area contributed by atoms with Crippen LogP contribution < -0.4 is 10.5 Å². The summed E-state index contributed by atoms with van der Waals surface area (Å²) in [4.78, 5) is -0.619. The van der Waals surface area contributed by atoms with Crippen molar-refractivity contribution in [1.29, 1.82) is 0 Å². The normalized spacial score (nSPS) is 11.4. The fourth-order valence-electron chi connectivity index (χ4n) is 1.79. The van der Waals surface area contributed by atoms with Crippen LogP contribution in [-0.4, -0.2) is 8.42 Å². The first kappa shape index (κ1) is 15.2. The number of sulfonamides is 1. The summed E-state index contributed by atoms with van der Waals surface area (Å²) in [5, 5.41) is 0. The summed E-state index contributed by atoms with van der Waals surface area (Å²) < 4.78 is 53.8. The largest absolute Gasteiger partial charge is 0.398 e. The Morgan fingerprint density at radius 2 is 1.71 bits per heavy atom. The SMILES string of the molecule is Cc1ccc(F)c(NS(=O)(=O)c2cc(N)c(C)cc2F)c1. The predicted octanol–water partition coefficient (Wildman–Crippen LogP) is 2.96. The van der Waals surface area contributed by atoms with Crippen LogP contribution in [0.25, 0.3) is 0 Å². The zero-order valence-corrected chi connectivity index (χ0v) is 12.3. The molecule has 0 radical (unpaired) electrons. The number of nitrogen functional groups attached to an aromatic ring is 1. The fraction of sp³-hybridized carbons (Fsp3) is 0.143. The van der Waals surface area contributed by atoms with Crippen LogP contribution >= 0.6 is 0 Å². The Labute approximate surface area is 121 Å². The number of benzene rings is 2. The Morgan fingerprint density at radius 1 is 1.05 bits per heavy atom. The second kappa shape index (κ2) is 5.33. The molecule has 7 heteroatoms. The molecule has 2 aromatic carbocycles. The first-order valence-electron chi connectivity index (χ1n) is 6.05. The molecule has 0 aliphatic carbocycles. The van der Waals surface area contributed by atoms with E-state index in [1.165, 1.54) is 12.1 Å². The van der Waals surface area contributed by atoms with Gasteiger partial charge in [0.2, 0.25) is 0 Å². The van der Waals surface area contributed by atoms with E-state index in [1.807, 2.05) is 4.72 Å². The lowest BCUT2D eigenvalue weighted by atomic mass is 10.2. The van der Waals surface area contributed by atoms with Crippen molar-refractivity contribution in [1.82, 2.24) is 0 Å². The molecule has 0 atom stereocenters. The third kappa shape index (κ3) is 3.13. The maximum absolute atomic E-state index is 13.8. The number of aryl methyl sites for hydroxylation is 2. The van der Waals surface area contributed by atoms with Crippen LogP contribution in [0.15, 0.2) is 35.2 Å². The zero-order chi connectivity index (χ0) is 15.8. The summed E-state index contributed by atoms with van der Waals surface area (Å²) in [7, 11) is -4.27. The lowest BCUT2D eigenvalue weighted by molar-refractivity contribution is 0.569. The molecule has 0 aliphatic heterocycles. The number of rotatable bonds is 3. The molecule has 0 unspecified atom stereocenters. The number of nitrogens with two attached hydrogens (primary N) is 1. The van der Waals surface area contributed by atoms with Gasteiger partial charge in [-0.05, 0) is 49.2 Å². The minimum Gasteiger partial charge on any atom is -0.398 e. The van der Waals surface area contributed by atoms with Gasteiger partial charge in [-0.2, -0.15) is 0 Å². The molecule has 0 heterocycles. The average molecular weight is 312 g/mol. The van der Waals surface area contributed by atoms with Crippen LogP contribution in [0.5, 0.6) is 0 Å². The third-order valence-electron chi connectivity index (χ3n) is 2.98. The van der Waals surface area contributed by atoms with Crippen LogP contribution in [0, 0.1) is 25.5 Å². The number of anilines is 2. The summed E-state index contributed by atoms with van der Waals surface area (Å²) in [6, 6.07) is 5.99. The van der Waals surface area contributed by atoms with E-state index in [9.17, 15) is 17.2 Å². The molecule has 3 N–H and O–H groups in total. The lowest BCUT2D eigenvalue weighted by Gasteiger charge is -2.12.